The van der Waals surface area contributed by atoms with Gasteiger partial charge in [0.05, 0.1) is 38.2 Å². The predicted molar refractivity (Wildman–Crippen MR) is 206 cm³/mol. The van der Waals surface area contributed by atoms with E-state index >= 15 is 0 Å². The number of hydrogen-bond acceptors (Lipinski definition) is 17. The molecule has 0 aliphatic carbocycles. The number of carbonyl (C=O) groups excluding carboxylic acids is 2. The standard InChI is InChI=1S/C28H34O15.C15H12O2/c1-10-21(32)23(34)25(36)27(40-10)39-9-19-22(33)24(35)26(37)28(43-19)41-12-6-14(30)20-15(31)8-17(42-18(20)7-12)11-3-4-16(38-2)13(29)5-11;16-13-10-15(11-6-2-1-3-7-11)17-14-9-5-4-8-12(13)14/h3-7,10,17,19,21-30,32-37H,8-9H2,1-2H3;1-9,15H,10H2/t10-,17-,19+,21-,22+,23+,24-,25+,26+,27+,28+;/m0./s1. The van der Waals surface area contributed by atoms with Gasteiger partial charge in [0.15, 0.2) is 29.4 Å². The topological polar surface area (TPSA) is 261 Å². The summed E-state index contributed by atoms with van der Waals surface area (Å²) in [5, 5.41) is 82.2. The van der Waals surface area contributed by atoms with Gasteiger partial charge in [0.1, 0.15) is 83.5 Å². The minimum Gasteiger partial charge on any atom is -0.507 e. The first-order chi connectivity index (χ1) is 28.7. The molecule has 12 atom stereocenters. The average molecular weight is 835 g/mol. The highest BCUT2D eigenvalue weighted by molar-refractivity contribution is 6.02. The van der Waals surface area contributed by atoms with E-state index in [1.807, 2.05) is 54.6 Å². The minimum absolute atomic E-state index is 0.0457. The van der Waals surface area contributed by atoms with Crippen LogP contribution in [-0.4, -0.2) is 128 Å². The maximum Gasteiger partial charge on any atom is 0.229 e. The van der Waals surface area contributed by atoms with Gasteiger partial charge in [0.2, 0.25) is 6.29 Å². The number of hydrogen-bond donors (Lipinski definition) is 8. The molecule has 8 rings (SSSR count). The van der Waals surface area contributed by atoms with Crippen molar-refractivity contribution in [1.29, 1.82) is 0 Å². The van der Waals surface area contributed by atoms with Crippen molar-refractivity contribution in [2.24, 2.45) is 0 Å². The summed E-state index contributed by atoms with van der Waals surface area (Å²) in [6.07, 6.45) is -15.6. The van der Waals surface area contributed by atoms with Gasteiger partial charge >= 0.3 is 0 Å². The number of aliphatic hydroxyl groups is 6. The maximum atomic E-state index is 12.9. The fourth-order valence-corrected chi connectivity index (χ4v) is 7.33. The number of aromatic hydroxyl groups is 2. The van der Waals surface area contributed by atoms with Crippen LogP contribution in [0.1, 0.15) is 63.8 Å². The Morgan fingerprint density at radius 1 is 0.633 bits per heavy atom. The van der Waals surface area contributed by atoms with Gasteiger partial charge in [-0.1, -0.05) is 48.5 Å². The van der Waals surface area contributed by atoms with Gasteiger partial charge in [0.25, 0.3) is 0 Å². The molecule has 2 fully saturated rings. The highest BCUT2D eigenvalue weighted by atomic mass is 16.7. The molecule has 4 aliphatic rings. The zero-order valence-electron chi connectivity index (χ0n) is 32.4. The summed E-state index contributed by atoms with van der Waals surface area (Å²) in [6.45, 7) is 0.964. The Morgan fingerprint density at radius 2 is 1.28 bits per heavy atom. The second kappa shape index (κ2) is 18.1. The molecular weight excluding hydrogens is 788 g/mol. The van der Waals surface area contributed by atoms with Gasteiger partial charge in [-0.25, -0.2) is 0 Å². The Bertz CT molecular complexity index is 2150. The van der Waals surface area contributed by atoms with Crippen molar-refractivity contribution in [2.75, 3.05) is 13.7 Å². The van der Waals surface area contributed by atoms with Gasteiger partial charge in [-0.15, -0.1) is 0 Å². The van der Waals surface area contributed by atoms with E-state index in [0.29, 0.717) is 23.3 Å². The molecular formula is C43H46O17. The first kappa shape index (κ1) is 42.8. The third-order valence-corrected chi connectivity index (χ3v) is 10.7. The van der Waals surface area contributed by atoms with Crippen LogP contribution in [0.2, 0.25) is 0 Å². The fraction of sp³-hybridized carbons (Fsp3) is 0.395. The number of Topliss-reactive ketones (excluding diaryl/α,β-unsaturated/α-hetero) is 2. The van der Waals surface area contributed by atoms with Crippen LogP contribution in [0.4, 0.5) is 0 Å². The first-order valence-corrected chi connectivity index (χ1v) is 19.2. The molecule has 0 spiro atoms. The van der Waals surface area contributed by atoms with E-state index in [1.165, 1.54) is 32.2 Å². The Morgan fingerprint density at radius 3 is 2.02 bits per heavy atom. The van der Waals surface area contributed by atoms with Crippen molar-refractivity contribution in [3.8, 4) is 34.5 Å². The fourth-order valence-electron chi connectivity index (χ4n) is 7.33. The number of phenolic OH excluding ortho intramolecular Hbond substituents is 2. The second-order valence-electron chi connectivity index (χ2n) is 14.8. The molecule has 8 N–H and O–H groups in total. The third kappa shape index (κ3) is 8.90. The number of benzene rings is 4. The van der Waals surface area contributed by atoms with Gasteiger partial charge in [0, 0.05) is 12.1 Å². The number of phenols is 2. The lowest BCUT2D eigenvalue weighted by atomic mass is 9.95. The molecule has 2 saturated heterocycles. The number of carbonyl (C=O) groups is 2. The van der Waals surface area contributed by atoms with Crippen molar-refractivity contribution in [1.82, 2.24) is 0 Å². The van der Waals surface area contributed by atoms with Gasteiger partial charge in [-0.3, -0.25) is 9.59 Å². The maximum absolute atomic E-state index is 12.9. The molecule has 0 aromatic heterocycles. The van der Waals surface area contributed by atoms with Crippen LogP contribution in [0.15, 0.2) is 84.9 Å². The van der Waals surface area contributed by atoms with E-state index in [1.54, 1.807) is 6.07 Å². The molecule has 17 heteroatoms. The predicted octanol–water partition coefficient (Wildman–Crippen LogP) is 2.24. The van der Waals surface area contributed by atoms with E-state index in [0.717, 1.165) is 11.6 Å². The van der Waals surface area contributed by atoms with Crippen LogP contribution >= 0.6 is 0 Å². The van der Waals surface area contributed by atoms with Crippen LogP contribution in [0.5, 0.6) is 34.5 Å². The lowest BCUT2D eigenvalue weighted by molar-refractivity contribution is -0.318. The Hall–Kier alpha value is -5.34. The number of aliphatic hydroxyl groups excluding tert-OH is 6. The zero-order chi connectivity index (χ0) is 42.8. The SMILES string of the molecule is COc1ccc([C@@H]2CC(=O)c3c(O)cc(O[C@@H]4O[C@H](CO[C@@H]5O[C@@H](C)[C@H](O)[C@@H](O)[C@H]5O)[C@@H](O)[C@H](O)[C@H]4O)cc3O2)cc1O.O=C1CC(c2ccccc2)Oc2ccccc21. The number of rotatable bonds is 8. The molecule has 4 aliphatic heterocycles. The van der Waals surface area contributed by atoms with E-state index in [-0.39, 0.29) is 46.9 Å². The molecule has 0 bridgehead atoms. The van der Waals surface area contributed by atoms with Crippen LogP contribution in [-0.2, 0) is 14.2 Å². The number of ether oxygens (including phenoxy) is 7. The third-order valence-electron chi connectivity index (χ3n) is 10.7. The summed E-state index contributed by atoms with van der Waals surface area (Å²) in [5.41, 5.74) is 2.12. The molecule has 0 saturated carbocycles. The second-order valence-corrected chi connectivity index (χ2v) is 14.8. The lowest BCUT2D eigenvalue weighted by Gasteiger charge is -2.42. The summed E-state index contributed by atoms with van der Waals surface area (Å²) in [5.74, 6) is -0.153. The molecule has 4 aromatic carbocycles. The van der Waals surface area contributed by atoms with E-state index < -0.39 is 85.7 Å². The number of methoxy groups -OCH3 is 1. The largest absolute Gasteiger partial charge is 0.507 e. The Labute approximate surface area is 343 Å². The molecule has 0 radical (unpaired) electrons. The van der Waals surface area contributed by atoms with Crippen LogP contribution in [0.25, 0.3) is 0 Å². The Kier molecular flexibility index (Phi) is 12.9. The summed E-state index contributed by atoms with van der Waals surface area (Å²) >= 11 is 0. The van der Waals surface area contributed by atoms with Crippen molar-refractivity contribution >= 4 is 11.6 Å². The lowest BCUT2D eigenvalue weighted by Crippen LogP contribution is -2.61. The van der Waals surface area contributed by atoms with Crippen molar-refractivity contribution in [3.63, 3.8) is 0 Å². The van der Waals surface area contributed by atoms with E-state index in [9.17, 15) is 50.4 Å². The average Bonchev–Trinajstić information content (AvgIpc) is 3.24. The summed E-state index contributed by atoms with van der Waals surface area (Å²) < 4.78 is 39.0. The van der Waals surface area contributed by atoms with Gasteiger partial charge in [-0.2, -0.15) is 0 Å². The van der Waals surface area contributed by atoms with Gasteiger partial charge in [-0.05, 0) is 42.3 Å². The molecule has 1 unspecified atom stereocenters. The minimum atomic E-state index is -1.77. The first-order valence-electron chi connectivity index (χ1n) is 19.2. The van der Waals surface area contributed by atoms with Crippen LogP contribution in [0.3, 0.4) is 0 Å². The number of para-hydroxylation sites is 1. The van der Waals surface area contributed by atoms with Crippen molar-refractivity contribution in [2.45, 2.75) is 93.4 Å². The molecule has 4 aromatic rings. The van der Waals surface area contributed by atoms with Crippen molar-refractivity contribution in [3.05, 3.63) is 107 Å². The van der Waals surface area contributed by atoms with Crippen LogP contribution in [0, 0.1) is 0 Å². The van der Waals surface area contributed by atoms with Crippen LogP contribution < -0.4 is 18.9 Å². The molecule has 0 amide bonds. The highest BCUT2D eigenvalue weighted by Gasteiger charge is 2.47. The normalized spacial score (nSPS) is 31.0. The molecule has 320 valence electrons. The zero-order valence-corrected chi connectivity index (χ0v) is 32.4. The monoisotopic (exact) mass is 834 g/mol. The van der Waals surface area contributed by atoms with E-state index in [4.69, 9.17) is 33.2 Å². The Balaban J connectivity index is 0.000000265. The number of ketones is 2. The summed E-state index contributed by atoms with van der Waals surface area (Å²) in [6, 6.07) is 24.2. The summed E-state index contributed by atoms with van der Waals surface area (Å²) in [7, 11) is 1.39. The summed E-state index contributed by atoms with van der Waals surface area (Å²) in [4.78, 5) is 24.9. The highest BCUT2D eigenvalue weighted by Crippen LogP contribution is 2.44. The molecule has 17 nitrogen and oxygen atoms in total. The van der Waals surface area contributed by atoms with E-state index in [2.05, 4.69) is 0 Å². The van der Waals surface area contributed by atoms with Gasteiger partial charge < -0.3 is 74.0 Å². The molecule has 60 heavy (non-hydrogen) atoms. The number of fused-ring (bicyclic) bond motifs is 2. The quantitative estimate of drug-likeness (QED) is 0.127. The van der Waals surface area contributed by atoms with Crippen molar-refractivity contribution < 1.29 is 83.6 Å². The molecule has 4 heterocycles. The smallest absolute Gasteiger partial charge is 0.229 e.